The Bertz CT molecular complexity index is 700. The van der Waals surface area contributed by atoms with Crippen LogP contribution in [0.2, 0.25) is 0 Å². The molecule has 2 saturated heterocycles. The molecule has 0 bridgehead atoms. The molecule has 0 saturated carbocycles. The van der Waals surface area contributed by atoms with Crippen LogP contribution in [-0.2, 0) is 16.0 Å². The third kappa shape index (κ3) is 4.42. The lowest BCUT2D eigenvalue weighted by Crippen LogP contribution is -2.50. The molecule has 0 N–H and O–H groups in total. The highest BCUT2D eigenvalue weighted by atomic mass is 32.1. The number of nitrogens with zero attached hydrogens (tertiary/aromatic N) is 3. The van der Waals surface area contributed by atoms with Crippen molar-refractivity contribution in [3.8, 4) is 0 Å². The van der Waals surface area contributed by atoms with Gasteiger partial charge in [0.2, 0.25) is 5.91 Å². The van der Waals surface area contributed by atoms with Gasteiger partial charge in [-0.25, -0.2) is 4.98 Å². The summed E-state index contributed by atoms with van der Waals surface area (Å²) in [5.41, 5.74) is 1.07. The number of aryl methyl sites for hydroxylation is 1. The van der Waals surface area contributed by atoms with Gasteiger partial charge in [0.15, 0.2) is 0 Å². The molecule has 140 valence electrons. The Labute approximate surface area is 159 Å². The highest BCUT2D eigenvalue weighted by Gasteiger charge is 2.24. The first-order chi connectivity index (χ1) is 12.8. The predicted octanol–water partition coefficient (Wildman–Crippen LogP) is 2.94. The maximum Gasteiger partial charge on any atom is 0.222 e. The van der Waals surface area contributed by atoms with Gasteiger partial charge in [-0.1, -0.05) is 12.1 Å². The Kier molecular flexibility index (Phi) is 5.82. The van der Waals surface area contributed by atoms with Gasteiger partial charge in [-0.15, -0.1) is 11.3 Å². The van der Waals surface area contributed by atoms with Gasteiger partial charge in [-0.05, 0) is 37.8 Å². The van der Waals surface area contributed by atoms with Crippen molar-refractivity contribution in [3.05, 3.63) is 29.3 Å². The average molecular weight is 374 g/mol. The van der Waals surface area contributed by atoms with E-state index < -0.39 is 0 Å². The third-order valence-corrected chi connectivity index (χ3v) is 6.43. The number of hydrogen-bond acceptors (Lipinski definition) is 5. The minimum Gasteiger partial charge on any atom is -0.377 e. The van der Waals surface area contributed by atoms with Gasteiger partial charge in [-0.2, -0.15) is 0 Å². The third-order valence-electron chi connectivity index (χ3n) is 5.33. The number of thiazole rings is 1. The molecule has 2 fully saturated rings. The van der Waals surface area contributed by atoms with Gasteiger partial charge >= 0.3 is 0 Å². The van der Waals surface area contributed by atoms with Crippen molar-refractivity contribution in [2.75, 3.05) is 39.3 Å². The molecule has 2 aliphatic heterocycles. The minimum atomic E-state index is 0.294. The highest BCUT2D eigenvalue weighted by Crippen LogP contribution is 2.23. The molecule has 6 heteroatoms. The molecule has 3 heterocycles. The summed E-state index contributed by atoms with van der Waals surface area (Å²) >= 11 is 1.75. The number of hydrogen-bond donors (Lipinski definition) is 0. The lowest BCUT2D eigenvalue weighted by molar-refractivity contribution is -0.133. The van der Waals surface area contributed by atoms with E-state index in [1.165, 1.54) is 17.5 Å². The van der Waals surface area contributed by atoms with E-state index in [1.54, 1.807) is 11.3 Å². The summed E-state index contributed by atoms with van der Waals surface area (Å²) in [7, 11) is 0. The number of piperazine rings is 1. The second kappa shape index (κ2) is 8.46. The zero-order valence-electron chi connectivity index (χ0n) is 15.2. The maximum absolute atomic E-state index is 12.5. The van der Waals surface area contributed by atoms with Gasteiger partial charge in [0.25, 0.3) is 0 Å². The molecule has 0 aliphatic carbocycles. The van der Waals surface area contributed by atoms with E-state index in [1.807, 2.05) is 17.0 Å². The summed E-state index contributed by atoms with van der Waals surface area (Å²) in [5.74, 6) is 0.294. The van der Waals surface area contributed by atoms with Crippen molar-refractivity contribution in [1.82, 2.24) is 14.8 Å². The molecule has 0 unspecified atom stereocenters. The van der Waals surface area contributed by atoms with Crippen LogP contribution in [0.25, 0.3) is 10.2 Å². The van der Waals surface area contributed by atoms with E-state index in [0.29, 0.717) is 18.4 Å². The summed E-state index contributed by atoms with van der Waals surface area (Å²) in [4.78, 5) is 21.6. The largest absolute Gasteiger partial charge is 0.377 e. The molecule has 1 aromatic heterocycles. The summed E-state index contributed by atoms with van der Waals surface area (Å²) in [6.45, 7) is 5.60. The molecular formula is C20H27N3O2S. The van der Waals surface area contributed by atoms with Crippen molar-refractivity contribution in [2.24, 2.45) is 0 Å². The quantitative estimate of drug-likeness (QED) is 0.781. The molecule has 26 heavy (non-hydrogen) atoms. The molecule has 1 aromatic carbocycles. The zero-order valence-corrected chi connectivity index (χ0v) is 16.0. The van der Waals surface area contributed by atoms with Crippen LogP contribution in [0.4, 0.5) is 0 Å². The first-order valence-electron chi connectivity index (χ1n) is 9.74. The zero-order chi connectivity index (χ0) is 17.8. The topological polar surface area (TPSA) is 45.7 Å². The first kappa shape index (κ1) is 17.9. The molecule has 1 atom stereocenters. The van der Waals surface area contributed by atoms with Crippen LogP contribution in [0.3, 0.4) is 0 Å². The molecule has 5 nitrogen and oxygen atoms in total. The molecular weight excluding hydrogens is 346 g/mol. The van der Waals surface area contributed by atoms with Crippen LogP contribution in [0.1, 0.15) is 30.7 Å². The van der Waals surface area contributed by atoms with Gasteiger partial charge < -0.3 is 9.64 Å². The van der Waals surface area contributed by atoms with Crippen LogP contribution in [0.5, 0.6) is 0 Å². The highest BCUT2D eigenvalue weighted by molar-refractivity contribution is 7.18. The minimum absolute atomic E-state index is 0.294. The Balaban J connectivity index is 1.18. The summed E-state index contributed by atoms with van der Waals surface area (Å²) in [5, 5.41) is 1.14. The molecule has 0 radical (unpaired) electrons. The normalized spacial score (nSPS) is 21.5. The maximum atomic E-state index is 12.5. The first-order valence-corrected chi connectivity index (χ1v) is 10.6. The van der Waals surface area contributed by atoms with Crippen molar-refractivity contribution in [1.29, 1.82) is 0 Å². The van der Waals surface area contributed by atoms with E-state index in [4.69, 9.17) is 4.74 Å². The number of benzene rings is 1. The number of ether oxygens (including phenoxy) is 1. The number of carbonyl (C=O) groups is 1. The summed E-state index contributed by atoms with van der Waals surface area (Å²) < 4.78 is 6.95. The molecule has 1 amide bonds. The summed E-state index contributed by atoms with van der Waals surface area (Å²) in [6, 6.07) is 8.23. The monoisotopic (exact) mass is 373 g/mol. The number of fused-ring (bicyclic) bond motifs is 1. The Morgan fingerprint density at radius 2 is 2.08 bits per heavy atom. The lowest BCUT2D eigenvalue weighted by atomic mass is 10.2. The molecule has 2 aliphatic rings. The van der Waals surface area contributed by atoms with E-state index in [9.17, 15) is 4.79 Å². The summed E-state index contributed by atoms with van der Waals surface area (Å²) in [6.07, 6.45) is 5.19. The number of carbonyl (C=O) groups excluding carboxylic acids is 1. The van der Waals surface area contributed by atoms with Gasteiger partial charge in [-0.3, -0.25) is 9.69 Å². The number of para-hydroxylation sites is 1. The van der Waals surface area contributed by atoms with Crippen LogP contribution in [0.15, 0.2) is 24.3 Å². The fourth-order valence-electron chi connectivity index (χ4n) is 3.83. The number of rotatable bonds is 6. The number of amides is 1. The van der Waals surface area contributed by atoms with Crippen LogP contribution in [-0.4, -0.2) is 66.1 Å². The van der Waals surface area contributed by atoms with E-state index in [2.05, 4.69) is 22.0 Å². The van der Waals surface area contributed by atoms with Gasteiger partial charge in [0.05, 0.1) is 21.3 Å². The van der Waals surface area contributed by atoms with Crippen molar-refractivity contribution < 1.29 is 9.53 Å². The molecule has 0 spiro atoms. The fourth-order valence-corrected chi connectivity index (χ4v) is 4.84. The Hall–Kier alpha value is -1.50. The lowest BCUT2D eigenvalue weighted by Gasteiger charge is -2.35. The van der Waals surface area contributed by atoms with Gasteiger partial charge in [0, 0.05) is 45.8 Å². The standard InChI is InChI=1S/C20H27N3O2S/c24-20(9-3-8-19-21-17-6-1-2-7-18(17)26-19)23-12-10-22(11-13-23)15-16-5-4-14-25-16/h1-2,6-7,16H,3-5,8-15H2/t16-/m1/s1. The Morgan fingerprint density at radius 3 is 2.85 bits per heavy atom. The van der Waals surface area contributed by atoms with Gasteiger partial charge in [0.1, 0.15) is 0 Å². The predicted molar refractivity (Wildman–Crippen MR) is 105 cm³/mol. The fraction of sp³-hybridized carbons (Fsp3) is 0.600. The van der Waals surface area contributed by atoms with E-state index in [0.717, 1.165) is 62.7 Å². The average Bonchev–Trinajstić information content (AvgIpc) is 3.31. The van der Waals surface area contributed by atoms with E-state index in [-0.39, 0.29) is 0 Å². The van der Waals surface area contributed by atoms with Crippen LogP contribution >= 0.6 is 11.3 Å². The second-order valence-corrected chi connectivity index (χ2v) is 8.36. The SMILES string of the molecule is O=C(CCCc1nc2ccccc2s1)N1CCN(C[C@H]2CCCO2)CC1. The smallest absolute Gasteiger partial charge is 0.222 e. The molecule has 2 aromatic rings. The van der Waals surface area contributed by atoms with Crippen molar-refractivity contribution >= 4 is 27.5 Å². The van der Waals surface area contributed by atoms with E-state index >= 15 is 0 Å². The van der Waals surface area contributed by atoms with Crippen LogP contribution < -0.4 is 0 Å². The van der Waals surface area contributed by atoms with Crippen molar-refractivity contribution in [3.63, 3.8) is 0 Å². The molecule has 4 rings (SSSR count). The Morgan fingerprint density at radius 1 is 1.23 bits per heavy atom. The number of aromatic nitrogens is 1. The van der Waals surface area contributed by atoms with Crippen LogP contribution in [0, 0.1) is 0 Å². The van der Waals surface area contributed by atoms with Crippen molar-refractivity contribution in [2.45, 2.75) is 38.2 Å². The second-order valence-electron chi connectivity index (χ2n) is 7.25.